The summed E-state index contributed by atoms with van der Waals surface area (Å²) in [7, 11) is 2.13. The zero-order valence-electron chi connectivity index (χ0n) is 12.1. The number of pyridine rings is 1. The summed E-state index contributed by atoms with van der Waals surface area (Å²) >= 11 is 1.73. The second-order valence-corrected chi connectivity index (χ2v) is 6.03. The molecule has 0 amide bonds. The maximum atomic E-state index is 6.02. The van der Waals surface area contributed by atoms with Gasteiger partial charge >= 0.3 is 0 Å². The van der Waals surface area contributed by atoms with Crippen LogP contribution in [-0.4, -0.2) is 23.5 Å². The molecule has 0 spiro atoms. The van der Waals surface area contributed by atoms with Gasteiger partial charge in [-0.3, -0.25) is 9.88 Å². The molecule has 0 fully saturated rings. The normalized spacial score (nSPS) is 12.9. The number of aromatic nitrogens is 1. The first-order valence-electron chi connectivity index (χ1n) is 7.04. The van der Waals surface area contributed by atoms with Crippen molar-refractivity contribution in [2.45, 2.75) is 12.6 Å². The Hall–Kier alpha value is -1.75. The van der Waals surface area contributed by atoms with Crippen LogP contribution in [0.5, 0.6) is 0 Å². The van der Waals surface area contributed by atoms with Crippen LogP contribution in [0, 0.1) is 0 Å². The first-order valence-corrected chi connectivity index (χ1v) is 7.98. The monoisotopic (exact) mass is 297 g/mol. The summed E-state index contributed by atoms with van der Waals surface area (Å²) in [5, 5.41) is 5.47. The van der Waals surface area contributed by atoms with E-state index in [1.165, 1.54) is 11.1 Å². The van der Waals surface area contributed by atoms with Crippen LogP contribution in [0.1, 0.15) is 17.2 Å². The summed E-state index contributed by atoms with van der Waals surface area (Å²) in [6, 6.07) is 12.9. The molecule has 3 rings (SSSR count). The molecular weight excluding hydrogens is 278 g/mol. The number of nitrogens with zero attached hydrogens (tertiary/aromatic N) is 2. The van der Waals surface area contributed by atoms with Crippen molar-refractivity contribution in [2.24, 2.45) is 5.73 Å². The zero-order chi connectivity index (χ0) is 14.7. The molecule has 0 saturated carbocycles. The lowest BCUT2D eigenvalue weighted by Crippen LogP contribution is -2.30. The van der Waals surface area contributed by atoms with Crippen LogP contribution in [0.3, 0.4) is 0 Å². The molecule has 1 atom stereocenters. The molecule has 21 heavy (non-hydrogen) atoms. The number of nitrogens with two attached hydrogens (primary N) is 1. The van der Waals surface area contributed by atoms with Crippen LogP contribution in [0.4, 0.5) is 0 Å². The summed E-state index contributed by atoms with van der Waals surface area (Å²) in [6.07, 6.45) is 1.82. The van der Waals surface area contributed by atoms with Gasteiger partial charge in [-0.2, -0.15) is 11.3 Å². The summed E-state index contributed by atoms with van der Waals surface area (Å²) in [6.45, 7) is 1.52. The van der Waals surface area contributed by atoms with Crippen LogP contribution in [0.2, 0.25) is 0 Å². The van der Waals surface area contributed by atoms with Crippen molar-refractivity contribution in [1.29, 1.82) is 0 Å². The maximum Gasteiger partial charge on any atom is 0.0702 e. The van der Waals surface area contributed by atoms with Gasteiger partial charge in [0.05, 0.1) is 5.52 Å². The zero-order valence-corrected chi connectivity index (χ0v) is 12.9. The minimum Gasteiger partial charge on any atom is -0.329 e. The topological polar surface area (TPSA) is 42.1 Å². The second kappa shape index (κ2) is 6.35. The van der Waals surface area contributed by atoms with Gasteiger partial charge < -0.3 is 5.73 Å². The molecule has 3 aromatic rings. The number of fused-ring (bicyclic) bond motifs is 1. The molecule has 0 saturated heterocycles. The van der Waals surface area contributed by atoms with Gasteiger partial charge in [0, 0.05) is 30.7 Å². The predicted molar refractivity (Wildman–Crippen MR) is 89.3 cm³/mol. The Balaban J connectivity index is 1.86. The quantitative estimate of drug-likeness (QED) is 0.784. The summed E-state index contributed by atoms with van der Waals surface area (Å²) in [5.41, 5.74) is 9.63. The Labute approximate surface area is 129 Å². The molecule has 0 bridgehead atoms. The third kappa shape index (κ3) is 3.13. The SMILES string of the molecule is CN(Cc1ccsc1)C(CN)c1ccc2ncccc2c1. The van der Waals surface area contributed by atoms with E-state index in [4.69, 9.17) is 5.73 Å². The van der Waals surface area contributed by atoms with Crippen LogP contribution < -0.4 is 5.73 Å². The average molecular weight is 297 g/mol. The molecule has 0 aliphatic heterocycles. The number of likely N-dealkylation sites (N-methyl/N-ethyl adjacent to an activating group) is 1. The first kappa shape index (κ1) is 14.2. The van der Waals surface area contributed by atoms with Crippen molar-refractivity contribution >= 4 is 22.2 Å². The molecule has 2 aromatic heterocycles. The standard InChI is InChI=1S/C17H19N3S/c1-20(11-13-6-8-21-12-13)17(10-18)15-4-5-16-14(9-15)3-2-7-19-16/h2-9,12,17H,10-11,18H2,1H3. The molecule has 0 aliphatic rings. The van der Waals surface area contributed by atoms with Crippen LogP contribution in [-0.2, 0) is 6.54 Å². The van der Waals surface area contributed by atoms with E-state index in [0.717, 1.165) is 17.4 Å². The Bertz CT molecular complexity index is 709. The fourth-order valence-electron chi connectivity index (χ4n) is 2.65. The Morgan fingerprint density at radius 2 is 2.19 bits per heavy atom. The fourth-order valence-corrected chi connectivity index (χ4v) is 3.31. The van der Waals surface area contributed by atoms with Crippen molar-refractivity contribution in [3.8, 4) is 0 Å². The van der Waals surface area contributed by atoms with Gasteiger partial charge in [-0.1, -0.05) is 12.1 Å². The number of hydrogen-bond acceptors (Lipinski definition) is 4. The van der Waals surface area contributed by atoms with Gasteiger partial charge in [-0.05, 0) is 53.2 Å². The number of hydrogen-bond donors (Lipinski definition) is 1. The second-order valence-electron chi connectivity index (χ2n) is 5.25. The van der Waals surface area contributed by atoms with Gasteiger partial charge in [0.2, 0.25) is 0 Å². The Morgan fingerprint density at radius 3 is 2.95 bits per heavy atom. The number of benzene rings is 1. The largest absolute Gasteiger partial charge is 0.329 e. The van der Waals surface area contributed by atoms with E-state index in [-0.39, 0.29) is 6.04 Å². The Morgan fingerprint density at radius 1 is 1.29 bits per heavy atom. The van der Waals surface area contributed by atoms with Gasteiger partial charge in [-0.15, -0.1) is 0 Å². The molecule has 0 aliphatic carbocycles. The van der Waals surface area contributed by atoms with Crippen molar-refractivity contribution in [1.82, 2.24) is 9.88 Å². The molecule has 0 radical (unpaired) electrons. The first-order chi connectivity index (χ1) is 10.3. The highest BCUT2D eigenvalue weighted by Crippen LogP contribution is 2.24. The number of rotatable bonds is 5. The van der Waals surface area contributed by atoms with Crippen LogP contribution in [0.15, 0.2) is 53.4 Å². The summed E-state index contributed by atoms with van der Waals surface area (Å²) in [5.74, 6) is 0. The number of thiophene rings is 1. The molecule has 3 nitrogen and oxygen atoms in total. The third-order valence-corrected chi connectivity index (χ3v) is 4.51. The van der Waals surface area contributed by atoms with Crippen molar-refractivity contribution in [3.05, 3.63) is 64.5 Å². The lowest BCUT2D eigenvalue weighted by Gasteiger charge is -2.27. The van der Waals surface area contributed by atoms with Gasteiger partial charge in [0.25, 0.3) is 0 Å². The van der Waals surface area contributed by atoms with E-state index in [1.54, 1.807) is 11.3 Å². The van der Waals surface area contributed by atoms with Crippen molar-refractivity contribution in [2.75, 3.05) is 13.6 Å². The van der Waals surface area contributed by atoms with Crippen molar-refractivity contribution < 1.29 is 0 Å². The van der Waals surface area contributed by atoms with E-state index >= 15 is 0 Å². The molecule has 4 heteroatoms. The van der Waals surface area contributed by atoms with Crippen LogP contribution in [0.25, 0.3) is 10.9 Å². The summed E-state index contributed by atoms with van der Waals surface area (Å²) < 4.78 is 0. The lowest BCUT2D eigenvalue weighted by atomic mass is 10.0. The Kier molecular flexibility index (Phi) is 4.29. The molecule has 2 heterocycles. The van der Waals surface area contributed by atoms with Gasteiger partial charge in [0.15, 0.2) is 0 Å². The smallest absolute Gasteiger partial charge is 0.0702 e. The highest BCUT2D eigenvalue weighted by molar-refractivity contribution is 7.07. The maximum absolute atomic E-state index is 6.02. The molecule has 2 N–H and O–H groups in total. The molecular formula is C17H19N3S. The minimum atomic E-state index is 0.217. The molecule has 108 valence electrons. The van der Waals surface area contributed by atoms with E-state index in [0.29, 0.717) is 6.54 Å². The van der Waals surface area contributed by atoms with Crippen LogP contribution >= 0.6 is 11.3 Å². The third-order valence-electron chi connectivity index (χ3n) is 3.78. The molecule has 1 unspecified atom stereocenters. The van der Waals surface area contributed by atoms with Gasteiger partial charge in [0.1, 0.15) is 0 Å². The highest BCUT2D eigenvalue weighted by atomic mass is 32.1. The predicted octanol–water partition coefficient (Wildman–Crippen LogP) is 3.43. The minimum absolute atomic E-state index is 0.217. The van der Waals surface area contributed by atoms with Crippen molar-refractivity contribution in [3.63, 3.8) is 0 Å². The van der Waals surface area contributed by atoms with Gasteiger partial charge in [-0.25, -0.2) is 0 Å². The van der Waals surface area contributed by atoms with E-state index in [1.807, 2.05) is 12.3 Å². The fraction of sp³-hybridized carbons (Fsp3) is 0.235. The van der Waals surface area contributed by atoms with E-state index in [2.05, 4.69) is 58.0 Å². The highest BCUT2D eigenvalue weighted by Gasteiger charge is 2.16. The van der Waals surface area contributed by atoms with E-state index < -0.39 is 0 Å². The van der Waals surface area contributed by atoms with E-state index in [9.17, 15) is 0 Å². The average Bonchev–Trinajstić information content (AvgIpc) is 3.01. The molecule has 1 aromatic carbocycles. The summed E-state index contributed by atoms with van der Waals surface area (Å²) in [4.78, 5) is 6.67. The lowest BCUT2D eigenvalue weighted by molar-refractivity contribution is 0.242.